The number of benzene rings is 1. The molecule has 2 heterocycles. The number of hydrogen-bond donors (Lipinski definition) is 0. The molecule has 0 radical (unpaired) electrons. The van der Waals surface area contributed by atoms with Crippen LogP contribution < -0.4 is 0 Å². The molecule has 2 aromatic heterocycles. The van der Waals surface area contributed by atoms with Gasteiger partial charge >= 0.3 is 0 Å². The molecule has 0 bridgehead atoms. The average Bonchev–Trinajstić information content (AvgIpc) is 2.82. The molecular weight excluding hydrogens is 244 g/mol. The SMILES string of the molecule is Cc1nccc(-n2ccc3c([N+](=O)[O-])cccc32)n1. The summed E-state index contributed by atoms with van der Waals surface area (Å²) >= 11 is 0. The quantitative estimate of drug-likeness (QED) is 0.520. The van der Waals surface area contributed by atoms with Crippen LogP contribution >= 0.6 is 0 Å². The molecule has 3 rings (SSSR count). The lowest BCUT2D eigenvalue weighted by atomic mass is 10.2. The number of aromatic nitrogens is 3. The van der Waals surface area contributed by atoms with E-state index in [2.05, 4.69) is 9.97 Å². The van der Waals surface area contributed by atoms with Gasteiger partial charge in [0.2, 0.25) is 0 Å². The van der Waals surface area contributed by atoms with Crippen LogP contribution in [0.4, 0.5) is 5.69 Å². The highest BCUT2D eigenvalue weighted by atomic mass is 16.6. The molecule has 3 aromatic rings. The van der Waals surface area contributed by atoms with Crippen LogP contribution in [0, 0.1) is 17.0 Å². The number of non-ortho nitro benzene ring substituents is 1. The number of aryl methyl sites for hydroxylation is 1. The van der Waals surface area contributed by atoms with E-state index in [1.807, 2.05) is 10.6 Å². The minimum Gasteiger partial charge on any atom is -0.301 e. The molecule has 0 unspecified atom stereocenters. The fourth-order valence-electron chi connectivity index (χ4n) is 2.09. The standard InChI is InChI=1S/C13H10N4O2/c1-9-14-7-5-13(15-9)16-8-6-10-11(16)3-2-4-12(10)17(18)19/h2-8H,1H3. The van der Waals surface area contributed by atoms with Crippen LogP contribution in [0.5, 0.6) is 0 Å². The fraction of sp³-hybridized carbons (Fsp3) is 0.0769. The molecule has 19 heavy (non-hydrogen) atoms. The van der Waals surface area contributed by atoms with Crippen molar-refractivity contribution in [2.24, 2.45) is 0 Å². The van der Waals surface area contributed by atoms with Gasteiger partial charge in [-0.25, -0.2) is 9.97 Å². The molecule has 0 saturated heterocycles. The van der Waals surface area contributed by atoms with Crippen molar-refractivity contribution in [3.63, 3.8) is 0 Å². The Balaban J connectivity index is 2.27. The maximum absolute atomic E-state index is 11.0. The second-order valence-electron chi connectivity index (χ2n) is 4.11. The maximum Gasteiger partial charge on any atom is 0.278 e. The van der Waals surface area contributed by atoms with Crippen molar-refractivity contribution in [3.8, 4) is 5.82 Å². The van der Waals surface area contributed by atoms with Gasteiger partial charge in [0, 0.05) is 18.5 Å². The van der Waals surface area contributed by atoms with Gasteiger partial charge in [-0.05, 0) is 25.1 Å². The second-order valence-corrected chi connectivity index (χ2v) is 4.11. The summed E-state index contributed by atoms with van der Waals surface area (Å²) in [5.74, 6) is 1.35. The van der Waals surface area contributed by atoms with E-state index in [1.54, 1.807) is 37.5 Å². The number of hydrogen-bond acceptors (Lipinski definition) is 4. The molecule has 0 atom stereocenters. The Labute approximate surface area is 108 Å². The second kappa shape index (κ2) is 4.16. The Kier molecular flexibility index (Phi) is 2.49. The third kappa shape index (κ3) is 1.83. The first-order chi connectivity index (χ1) is 9.16. The zero-order valence-corrected chi connectivity index (χ0v) is 10.1. The number of fused-ring (bicyclic) bond motifs is 1. The van der Waals surface area contributed by atoms with E-state index in [0.717, 1.165) is 5.52 Å². The summed E-state index contributed by atoms with van der Waals surface area (Å²) in [6.07, 6.45) is 3.44. The zero-order valence-electron chi connectivity index (χ0n) is 10.1. The molecular formula is C13H10N4O2. The van der Waals surface area contributed by atoms with Gasteiger partial charge in [-0.2, -0.15) is 0 Å². The third-order valence-electron chi connectivity index (χ3n) is 2.91. The molecule has 0 aliphatic heterocycles. The lowest BCUT2D eigenvalue weighted by Crippen LogP contribution is -1.98. The summed E-state index contributed by atoms with van der Waals surface area (Å²) in [7, 11) is 0. The molecule has 0 amide bonds. The van der Waals surface area contributed by atoms with Crippen molar-refractivity contribution < 1.29 is 4.92 Å². The predicted molar refractivity (Wildman–Crippen MR) is 70.3 cm³/mol. The minimum atomic E-state index is -0.377. The highest BCUT2D eigenvalue weighted by Gasteiger charge is 2.14. The summed E-state index contributed by atoms with van der Waals surface area (Å²) in [6.45, 7) is 1.80. The number of nitro groups is 1. The van der Waals surface area contributed by atoms with Crippen LogP contribution in [-0.4, -0.2) is 19.5 Å². The summed E-state index contributed by atoms with van der Waals surface area (Å²) in [5.41, 5.74) is 0.856. The summed E-state index contributed by atoms with van der Waals surface area (Å²) in [5, 5.41) is 11.6. The Morgan fingerprint density at radius 1 is 1.26 bits per heavy atom. The zero-order chi connectivity index (χ0) is 13.4. The van der Waals surface area contributed by atoms with E-state index in [-0.39, 0.29) is 10.6 Å². The molecule has 0 aliphatic rings. The van der Waals surface area contributed by atoms with Crippen LogP contribution in [0.1, 0.15) is 5.82 Å². The molecule has 6 heteroatoms. The van der Waals surface area contributed by atoms with Crippen LogP contribution in [0.15, 0.2) is 42.7 Å². The highest BCUT2D eigenvalue weighted by molar-refractivity contribution is 5.90. The Morgan fingerprint density at radius 3 is 2.84 bits per heavy atom. The van der Waals surface area contributed by atoms with Crippen molar-refractivity contribution in [2.45, 2.75) is 6.92 Å². The molecule has 0 aliphatic carbocycles. The summed E-state index contributed by atoms with van der Waals surface area (Å²) in [4.78, 5) is 19.0. The predicted octanol–water partition coefficient (Wildman–Crippen LogP) is 2.64. The van der Waals surface area contributed by atoms with Gasteiger partial charge in [0.05, 0.1) is 15.8 Å². The van der Waals surface area contributed by atoms with Crippen molar-refractivity contribution in [3.05, 3.63) is 58.7 Å². The van der Waals surface area contributed by atoms with E-state index < -0.39 is 0 Å². The highest BCUT2D eigenvalue weighted by Crippen LogP contribution is 2.27. The molecule has 6 nitrogen and oxygen atoms in total. The van der Waals surface area contributed by atoms with E-state index in [9.17, 15) is 10.1 Å². The smallest absolute Gasteiger partial charge is 0.278 e. The summed E-state index contributed by atoms with van der Waals surface area (Å²) in [6, 6.07) is 8.50. The van der Waals surface area contributed by atoms with Gasteiger partial charge in [-0.15, -0.1) is 0 Å². The minimum absolute atomic E-state index is 0.0991. The molecule has 0 spiro atoms. The van der Waals surface area contributed by atoms with Gasteiger partial charge in [-0.1, -0.05) is 6.07 Å². The normalized spacial score (nSPS) is 10.8. The van der Waals surface area contributed by atoms with Gasteiger partial charge in [0.15, 0.2) is 0 Å². The van der Waals surface area contributed by atoms with Crippen molar-refractivity contribution in [1.29, 1.82) is 0 Å². The van der Waals surface area contributed by atoms with E-state index in [0.29, 0.717) is 17.0 Å². The van der Waals surface area contributed by atoms with Gasteiger partial charge in [-0.3, -0.25) is 10.1 Å². The lowest BCUT2D eigenvalue weighted by Gasteiger charge is -2.04. The Hall–Kier alpha value is -2.76. The van der Waals surface area contributed by atoms with E-state index in [1.165, 1.54) is 6.07 Å². The Bertz CT molecular complexity index is 779. The molecule has 0 fully saturated rings. The van der Waals surface area contributed by atoms with E-state index in [4.69, 9.17) is 0 Å². The largest absolute Gasteiger partial charge is 0.301 e. The lowest BCUT2D eigenvalue weighted by molar-refractivity contribution is -0.383. The van der Waals surface area contributed by atoms with Crippen molar-refractivity contribution >= 4 is 16.6 Å². The number of rotatable bonds is 2. The third-order valence-corrected chi connectivity index (χ3v) is 2.91. The van der Waals surface area contributed by atoms with Crippen LogP contribution in [0.2, 0.25) is 0 Å². The topological polar surface area (TPSA) is 73.8 Å². The molecule has 94 valence electrons. The monoisotopic (exact) mass is 254 g/mol. The molecule has 1 aromatic carbocycles. The van der Waals surface area contributed by atoms with E-state index >= 15 is 0 Å². The number of nitrogens with zero attached hydrogens (tertiary/aromatic N) is 4. The van der Waals surface area contributed by atoms with Crippen molar-refractivity contribution in [1.82, 2.24) is 14.5 Å². The Morgan fingerprint density at radius 2 is 2.11 bits per heavy atom. The van der Waals surface area contributed by atoms with Gasteiger partial charge in [0.1, 0.15) is 11.6 Å². The molecule has 0 N–H and O–H groups in total. The van der Waals surface area contributed by atoms with Gasteiger partial charge < -0.3 is 4.57 Å². The first-order valence-corrected chi connectivity index (χ1v) is 5.71. The van der Waals surface area contributed by atoms with Crippen LogP contribution in [0.3, 0.4) is 0 Å². The van der Waals surface area contributed by atoms with Gasteiger partial charge in [0.25, 0.3) is 5.69 Å². The fourth-order valence-corrected chi connectivity index (χ4v) is 2.09. The van der Waals surface area contributed by atoms with Crippen LogP contribution in [-0.2, 0) is 0 Å². The maximum atomic E-state index is 11.0. The first kappa shape index (κ1) is 11.3. The average molecular weight is 254 g/mol. The first-order valence-electron chi connectivity index (χ1n) is 5.71. The van der Waals surface area contributed by atoms with Crippen LogP contribution in [0.25, 0.3) is 16.7 Å². The summed E-state index contributed by atoms with van der Waals surface area (Å²) < 4.78 is 1.82. The van der Waals surface area contributed by atoms with Crippen molar-refractivity contribution in [2.75, 3.05) is 0 Å². The number of nitro benzene ring substituents is 1. The molecule has 0 saturated carbocycles.